The molecule has 1 aromatic carbocycles. The zero-order valence-electron chi connectivity index (χ0n) is 11.7. The Labute approximate surface area is 127 Å². The molecule has 0 bridgehead atoms. The zero-order valence-corrected chi connectivity index (χ0v) is 13.2. The molecule has 1 aromatic rings. The van der Waals surface area contributed by atoms with Crippen LogP contribution >= 0.6 is 15.9 Å². The molecule has 0 spiro atoms. The van der Waals surface area contributed by atoms with Crippen LogP contribution in [-0.4, -0.2) is 31.7 Å². The van der Waals surface area contributed by atoms with Gasteiger partial charge in [0.25, 0.3) is 0 Å². The van der Waals surface area contributed by atoms with Crippen LogP contribution in [-0.2, 0) is 11.3 Å². The summed E-state index contributed by atoms with van der Waals surface area (Å²) in [6.07, 6.45) is 0. The van der Waals surface area contributed by atoms with Gasteiger partial charge in [0.05, 0.1) is 11.0 Å². The summed E-state index contributed by atoms with van der Waals surface area (Å²) < 4.78 is 12.0. The first-order valence-electron chi connectivity index (χ1n) is 6.64. The average Bonchev–Trinajstić information content (AvgIpc) is 2.38. The van der Waals surface area contributed by atoms with Crippen molar-refractivity contribution in [3.63, 3.8) is 0 Å². The lowest BCUT2D eigenvalue weighted by Gasteiger charge is -2.20. The van der Waals surface area contributed by atoms with E-state index in [1.165, 1.54) is 0 Å². The summed E-state index contributed by atoms with van der Waals surface area (Å²) in [4.78, 5) is 11.5. The highest BCUT2D eigenvalue weighted by molar-refractivity contribution is 9.10. The molecule has 0 fully saturated rings. The van der Waals surface area contributed by atoms with Crippen LogP contribution in [0.1, 0.15) is 19.4 Å². The van der Waals surface area contributed by atoms with Crippen LogP contribution in [0, 0.1) is 0 Å². The molecular weight excluding hydrogens is 324 g/mol. The molecule has 1 heterocycles. The summed E-state index contributed by atoms with van der Waals surface area (Å²) in [7, 11) is 0. The van der Waals surface area contributed by atoms with Crippen molar-refractivity contribution in [1.82, 2.24) is 10.6 Å². The Hall–Kier alpha value is -1.27. The molecule has 2 rings (SSSR count). The highest BCUT2D eigenvalue weighted by Gasteiger charge is 2.16. The second kappa shape index (κ2) is 6.95. The lowest BCUT2D eigenvalue weighted by Crippen LogP contribution is -2.37. The van der Waals surface area contributed by atoms with Crippen molar-refractivity contribution < 1.29 is 14.3 Å². The van der Waals surface area contributed by atoms with E-state index in [1.807, 2.05) is 26.0 Å². The van der Waals surface area contributed by atoms with Crippen molar-refractivity contribution >= 4 is 21.8 Å². The number of hydrogen-bond acceptors (Lipinski definition) is 4. The molecule has 6 heteroatoms. The van der Waals surface area contributed by atoms with E-state index in [2.05, 4.69) is 26.6 Å². The molecule has 20 heavy (non-hydrogen) atoms. The fourth-order valence-electron chi connectivity index (χ4n) is 1.96. The fourth-order valence-corrected chi connectivity index (χ4v) is 2.56. The van der Waals surface area contributed by atoms with E-state index in [4.69, 9.17) is 9.47 Å². The molecule has 1 amide bonds. The fraction of sp³-hybridized carbons (Fsp3) is 0.500. The third-order valence-corrected chi connectivity index (χ3v) is 3.31. The molecule has 5 nitrogen and oxygen atoms in total. The molecule has 2 N–H and O–H groups in total. The summed E-state index contributed by atoms with van der Waals surface area (Å²) in [5.41, 5.74) is 1.04. The van der Waals surface area contributed by atoms with Crippen molar-refractivity contribution in [1.29, 1.82) is 0 Å². The molecule has 0 aromatic heterocycles. The van der Waals surface area contributed by atoms with Crippen LogP contribution in [0.3, 0.4) is 0 Å². The van der Waals surface area contributed by atoms with Gasteiger partial charge in [0, 0.05) is 12.6 Å². The Morgan fingerprint density at radius 2 is 2.10 bits per heavy atom. The Balaban J connectivity index is 1.90. The van der Waals surface area contributed by atoms with Crippen molar-refractivity contribution in [2.24, 2.45) is 0 Å². The molecule has 0 atom stereocenters. The average molecular weight is 343 g/mol. The second-order valence-corrected chi connectivity index (χ2v) is 5.78. The smallest absolute Gasteiger partial charge is 0.234 e. The third kappa shape index (κ3) is 4.11. The lowest BCUT2D eigenvalue weighted by atomic mass is 10.2. The van der Waals surface area contributed by atoms with E-state index in [0.717, 1.165) is 21.5 Å². The minimum absolute atomic E-state index is 0.00314. The van der Waals surface area contributed by atoms with Gasteiger partial charge in [-0.3, -0.25) is 4.79 Å². The minimum atomic E-state index is -0.00314. The van der Waals surface area contributed by atoms with Crippen LogP contribution in [0.5, 0.6) is 11.5 Å². The number of ether oxygens (including phenoxy) is 2. The number of carbonyl (C=O) groups excluding carboxylic acids is 1. The van der Waals surface area contributed by atoms with Crippen molar-refractivity contribution in [3.05, 3.63) is 22.2 Å². The van der Waals surface area contributed by atoms with E-state index >= 15 is 0 Å². The Morgan fingerprint density at radius 1 is 1.35 bits per heavy atom. The van der Waals surface area contributed by atoms with E-state index in [1.54, 1.807) is 0 Å². The second-order valence-electron chi connectivity index (χ2n) is 4.93. The maximum absolute atomic E-state index is 11.5. The number of hydrogen-bond donors (Lipinski definition) is 2. The van der Waals surface area contributed by atoms with Gasteiger partial charge < -0.3 is 20.1 Å². The number of nitrogens with one attached hydrogen (secondary N) is 2. The van der Waals surface area contributed by atoms with Gasteiger partial charge in [-0.05, 0) is 47.5 Å². The monoisotopic (exact) mass is 342 g/mol. The number of benzene rings is 1. The maximum Gasteiger partial charge on any atom is 0.234 e. The molecule has 0 saturated carbocycles. The molecule has 1 aliphatic heterocycles. The Bertz CT molecular complexity index is 492. The van der Waals surface area contributed by atoms with Crippen LogP contribution in [0.15, 0.2) is 16.6 Å². The summed E-state index contributed by atoms with van der Waals surface area (Å²) in [6.45, 7) is 5.91. The van der Waals surface area contributed by atoms with Crippen LogP contribution < -0.4 is 20.1 Å². The lowest BCUT2D eigenvalue weighted by molar-refractivity contribution is -0.120. The Kier molecular flexibility index (Phi) is 5.25. The molecule has 1 aliphatic rings. The van der Waals surface area contributed by atoms with Crippen LogP contribution in [0.25, 0.3) is 0 Å². The minimum Gasteiger partial charge on any atom is -0.486 e. The van der Waals surface area contributed by atoms with Crippen LogP contribution in [0.4, 0.5) is 0 Å². The highest BCUT2D eigenvalue weighted by atomic mass is 79.9. The van der Waals surface area contributed by atoms with Gasteiger partial charge in [-0.1, -0.05) is 0 Å². The number of carbonyl (C=O) groups is 1. The van der Waals surface area contributed by atoms with Crippen molar-refractivity contribution in [2.45, 2.75) is 26.4 Å². The number of rotatable bonds is 5. The van der Waals surface area contributed by atoms with Crippen molar-refractivity contribution in [2.75, 3.05) is 19.8 Å². The first-order valence-corrected chi connectivity index (χ1v) is 7.43. The quantitative estimate of drug-likeness (QED) is 0.857. The molecular formula is C14H19BrN2O3. The number of halogens is 1. The van der Waals surface area contributed by atoms with Gasteiger partial charge in [0.15, 0.2) is 11.5 Å². The molecule has 0 unspecified atom stereocenters. The third-order valence-electron chi connectivity index (χ3n) is 2.72. The number of fused-ring (bicyclic) bond motifs is 1. The Morgan fingerprint density at radius 3 is 2.85 bits per heavy atom. The van der Waals surface area contributed by atoms with Gasteiger partial charge in [-0.15, -0.1) is 0 Å². The van der Waals surface area contributed by atoms with Crippen LogP contribution in [0.2, 0.25) is 0 Å². The predicted octanol–water partition coefficient (Wildman–Crippen LogP) is 1.83. The molecule has 0 saturated heterocycles. The largest absolute Gasteiger partial charge is 0.486 e. The predicted molar refractivity (Wildman–Crippen MR) is 80.1 cm³/mol. The highest BCUT2D eigenvalue weighted by Crippen LogP contribution is 2.38. The summed E-state index contributed by atoms with van der Waals surface area (Å²) >= 11 is 3.47. The van der Waals surface area contributed by atoms with E-state index in [0.29, 0.717) is 26.3 Å². The molecule has 110 valence electrons. The standard InChI is InChI=1S/C14H19BrN2O3/c1-9(2)17-13(18)8-16-7-10-5-11(15)14-12(6-10)19-3-4-20-14/h5-6,9,16H,3-4,7-8H2,1-2H3,(H,17,18). The topological polar surface area (TPSA) is 59.6 Å². The van der Waals surface area contributed by atoms with Gasteiger partial charge in [0.2, 0.25) is 5.91 Å². The summed E-state index contributed by atoms with van der Waals surface area (Å²) in [6, 6.07) is 4.07. The normalized spacial score (nSPS) is 13.4. The summed E-state index contributed by atoms with van der Waals surface area (Å²) in [5.74, 6) is 1.49. The van der Waals surface area contributed by atoms with E-state index < -0.39 is 0 Å². The van der Waals surface area contributed by atoms with Gasteiger partial charge in [-0.25, -0.2) is 0 Å². The van der Waals surface area contributed by atoms with Gasteiger partial charge >= 0.3 is 0 Å². The van der Waals surface area contributed by atoms with Gasteiger partial charge in [-0.2, -0.15) is 0 Å². The number of amides is 1. The first-order chi connectivity index (χ1) is 9.56. The molecule has 0 aliphatic carbocycles. The van der Waals surface area contributed by atoms with Crippen molar-refractivity contribution in [3.8, 4) is 11.5 Å². The van der Waals surface area contributed by atoms with E-state index in [-0.39, 0.29) is 11.9 Å². The zero-order chi connectivity index (χ0) is 14.5. The summed E-state index contributed by atoms with van der Waals surface area (Å²) in [5, 5.41) is 5.95. The SMILES string of the molecule is CC(C)NC(=O)CNCc1cc(Br)c2c(c1)OCCO2. The maximum atomic E-state index is 11.5. The van der Waals surface area contributed by atoms with Gasteiger partial charge in [0.1, 0.15) is 13.2 Å². The van der Waals surface area contributed by atoms with E-state index in [9.17, 15) is 4.79 Å². The molecule has 0 radical (unpaired) electrons. The first kappa shape index (κ1) is 15.1.